The van der Waals surface area contributed by atoms with Crippen LogP contribution < -0.4 is 10.2 Å². The average Bonchev–Trinajstić information content (AvgIpc) is 2.55. The molecule has 0 aliphatic rings. The van der Waals surface area contributed by atoms with Crippen molar-refractivity contribution in [3.63, 3.8) is 0 Å². The highest BCUT2D eigenvalue weighted by molar-refractivity contribution is 6.31. The predicted octanol–water partition coefficient (Wildman–Crippen LogP) is 3.60. The third-order valence-corrected chi connectivity index (χ3v) is 3.35. The Morgan fingerprint density at radius 2 is 1.96 bits per heavy atom. The number of phenols is 1. The predicted molar refractivity (Wildman–Crippen MR) is 90.4 cm³/mol. The fourth-order valence-corrected chi connectivity index (χ4v) is 2.08. The fraction of sp³-hybridized carbons (Fsp3) is 0.176. The summed E-state index contributed by atoms with van der Waals surface area (Å²) in [6.45, 7) is 4.29. The van der Waals surface area contributed by atoms with Gasteiger partial charge in [0.2, 0.25) is 0 Å². The molecule has 0 aliphatic carbocycles. The molecule has 120 valence electrons. The largest absolute Gasteiger partial charge is 0.507 e. The summed E-state index contributed by atoms with van der Waals surface area (Å²) in [5, 5.41) is 14.1. The van der Waals surface area contributed by atoms with Gasteiger partial charge in [-0.15, -0.1) is 0 Å². The molecule has 0 bridgehead atoms. The Bertz CT molecular complexity index is 727. The van der Waals surface area contributed by atoms with Crippen LogP contribution in [0, 0.1) is 0 Å². The van der Waals surface area contributed by atoms with E-state index in [1.807, 2.05) is 31.2 Å². The van der Waals surface area contributed by atoms with Crippen LogP contribution in [0.4, 0.5) is 0 Å². The topological polar surface area (TPSA) is 70.9 Å². The SMILES string of the molecule is CCOc1ccc(/C(C)=N\NC(=O)c2cc(Cl)ccc2O)cc1. The van der Waals surface area contributed by atoms with E-state index < -0.39 is 5.91 Å². The fourth-order valence-electron chi connectivity index (χ4n) is 1.91. The number of halogens is 1. The first-order valence-corrected chi connectivity index (χ1v) is 7.45. The summed E-state index contributed by atoms with van der Waals surface area (Å²) in [6, 6.07) is 11.6. The molecule has 0 heterocycles. The van der Waals surface area contributed by atoms with Gasteiger partial charge < -0.3 is 9.84 Å². The molecule has 2 aromatic carbocycles. The number of ether oxygens (including phenoxy) is 1. The monoisotopic (exact) mass is 332 g/mol. The lowest BCUT2D eigenvalue weighted by atomic mass is 10.1. The van der Waals surface area contributed by atoms with Crippen LogP contribution in [0.25, 0.3) is 0 Å². The van der Waals surface area contributed by atoms with E-state index in [1.54, 1.807) is 6.92 Å². The zero-order valence-corrected chi connectivity index (χ0v) is 13.6. The van der Waals surface area contributed by atoms with Gasteiger partial charge in [-0.25, -0.2) is 5.43 Å². The number of benzene rings is 2. The van der Waals surface area contributed by atoms with E-state index in [4.69, 9.17) is 16.3 Å². The van der Waals surface area contributed by atoms with Gasteiger partial charge in [-0.2, -0.15) is 5.10 Å². The second-order valence-electron chi connectivity index (χ2n) is 4.76. The van der Waals surface area contributed by atoms with E-state index in [-0.39, 0.29) is 11.3 Å². The average molecular weight is 333 g/mol. The minimum Gasteiger partial charge on any atom is -0.507 e. The van der Waals surface area contributed by atoms with Crippen LogP contribution in [0.1, 0.15) is 29.8 Å². The molecule has 2 aromatic rings. The van der Waals surface area contributed by atoms with E-state index in [1.165, 1.54) is 18.2 Å². The number of nitrogens with one attached hydrogen (secondary N) is 1. The standard InChI is InChI=1S/C17H17ClN2O3/c1-3-23-14-7-4-12(5-8-14)11(2)19-20-17(22)15-10-13(18)6-9-16(15)21/h4-10,21H,3H2,1-2H3,(H,20,22)/b19-11-. The molecule has 0 atom stereocenters. The van der Waals surface area contributed by atoms with E-state index >= 15 is 0 Å². The number of phenolic OH excluding ortho intramolecular Hbond substituents is 1. The number of hydrazone groups is 1. The molecule has 5 nitrogen and oxygen atoms in total. The molecule has 0 spiro atoms. The number of carbonyl (C=O) groups is 1. The van der Waals surface area contributed by atoms with Crippen LogP contribution in [0.15, 0.2) is 47.6 Å². The van der Waals surface area contributed by atoms with Gasteiger partial charge in [0.05, 0.1) is 17.9 Å². The van der Waals surface area contributed by atoms with Crippen LogP contribution in [0.2, 0.25) is 5.02 Å². The highest BCUT2D eigenvalue weighted by atomic mass is 35.5. The van der Waals surface area contributed by atoms with Crippen molar-refractivity contribution in [3.05, 3.63) is 58.6 Å². The normalized spacial score (nSPS) is 11.2. The van der Waals surface area contributed by atoms with Crippen molar-refractivity contribution >= 4 is 23.2 Å². The highest BCUT2D eigenvalue weighted by Crippen LogP contribution is 2.21. The minimum atomic E-state index is -0.532. The van der Waals surface area contributed by atoms with Gasteiger partial charge in [-0.3, -0.25) is 4.79 Å². The molecule has 2 N–H and O–H groups in total. The zero-order chi connectivity index (χ0) is 16.8. The Hall–Kier alpha value is -2.53. The number of aromatic hydroxyl groups is 1. The van der Waals surface area contributed by atoms with Gasteiger partial charge in [0.1, 0.15) is 11.5 Å². The maximum Gasteiger partial charge on any atom is 0.275 e. The van der Waals surface area contributed by atoms with Crippen LogP contribution >= 0.6 is 11.6 Å². The van der Waals surface area contributed by atoms with E-state index in [0.717, 1.165) is 11.3 Å². The number of nitrogens with zero attached hydrogens (tertiary/aromatic N) is 1. The zero-order valence-electron chi connectivity index (χ0n) is 12.8. The van der Waals surface area contributed by atoms with Crippen molar-refractivity contribution in [2.24, 2.45) is 5.10 Å². The summed E-state index contributed by atoms with van der Waals surface area (Å²) < 4.78 is 5.37. The Balaban J connectivity index is 2.09. The number of hydrogen-bond acceptors (Lipinski definition) is 4. The van der Waals surface area contributed by atoms with Crippen LogP contribution in [-0.2, 0) is 0 Å². The molecule has 0 aromatic heterocycles. The summed E-state index contributed by atoms with van der Waals surface area (Å²) in [6.07, 6.45) is 0. The van der Waals surface area contributed by atoms with Crippen molar-refractivity contribution in [1.29, 1.82) is 0 Å². The first-order valence-electron chi connectivity index (χ1n) is 7.07. The Kier molecular flexibility index (Phi) is 5.60. The van der Waals surface area contributed by atoms with Crippen LogP contribution in [-0.4, -0.2) is 23.3 Å². The molecule has 0 saturated heterocycles. The summed E-state index contributed by atoms with van der Waals surface area (Å²) in [4.78, 5) is 12.0. The van der Waals surface area contributed by atoms with Gasteiger partial charge in [0.25, 0.3) is 5.91 Å². The summed E-state index contributed by atoms with van der Waals surface area (Å²) in [5.74, 6) is 0.0908. The van der Waals surface area contributed by atoms with Gasteiger partial charge in [-0.1, -0.05) is 11.6 Å². The van der Waals surface area contributed by atoms with Crippen molar-refractivity contribution < 1.29 is 14.6 Å². The maximum absolute atomic E-state index is 12.0. The molecule has 1 amide bonds. The number of amides is 1. The number of hydrogen-bond donors (Lipinski definition) is 2. The third kappa shape index (κ3) is 4.47. The molecule has 0 radical (unpaired) electrons. The van der Waals surface area contributed by atoms with Crippen LogP contribution in [0.5, 0.6) is 11.5 Å². The molecule has 0 aliphatic heterocycles. The van der Waals surface area contributed by atoms with Gasteiger partial charge >= 0.3 is 0 Å². The van der Waals surface area contributed by atoms with Crippen molar-refractivity contribution in [3.8, 4) is 11.5 Å². The van der Waals surface area contributed by atoms with E-state index in [9.17, 15) is 9.90 Å². The second-order valence-corrected chi connectivity index (χ2v) is 5.19. The van der Waals surface area contributed by atoms with Gasteiger partial charge in [0, 0.05) is 5.02 Å². The van der Waals surface area contributed by atoms with E-state index in [2.05, 4.69) is 10.5 Å². The second kappa shape index (κ2) is 7.65. The smallest absolute Gasteiger partial charge is 0.275 e. The lowest BCUT2D eigenvalue weighted by Crippen LogP contribution is -2.19. The Labute approximate surface area is 139 Å². The van der Waals surface area contributed by atoms with Gasteiger partial charge in [0.15, 0.2) is 0 Å². The van der Waals surface area contributed by atoms with Crippen molar-refractivity contribution in [2.45, 2.75) is 13.8 Å². The molecule has 0 saturated carbocycles. The molecule has 0 unspecified atom stereocenters. The van der Waals surface area contributed by atoms with E-state index in [0.29, 0.717) is 17.3 Å². The van der Waals surface area contributed by atoms with Crippen molar-refractivity contribution in [1.82, 2.24) is 5.43 Å². The Morgan fingerprint density at radius 1 is 1.26 bits per heavy atom. The molecule has 2 rings (SSSR count). The molecule has 6 heteroatoms. The molecular weight excluding hydrogens is 316 g/mol. The molecule has 0 fully saturated rings. The van der Waals surface area contributed by atoms with Crippen molar-refractivity contribution in [2.75, 3.05) is 6.61 Å². The minimum absolute atomic E-state index is 0.0701. The molecule has 23 heavy (non-hydrogen) atoms. The summed E-state index contributed by atoms with van der Waals surface area (Å²) >= 11 is 5.82. The Morgan fingerprint density at radius 3 is 2.61 bits per heavy atom. The maximum atomic E-state index is 12.0. The molecular formula is C17H17ClN2O3. The summed E-state index contributed by atoms with van der Waals surface area (Å²) in [5.41, 5.74) is 3.95. The van der Waals surface area contributed by atoms with Crippen LogP contribution in [0.3, 0.4) is 0 Å². The number of carbonyl (C=O) groups excluding carboxylic acids is 1. The highest BCUT2D eigenvalue weighted by Gasteiger charge is 2.11. The quantitative estimate of drug-likeness (QED) is 0.649. The summed E-state index contributed by atoms with van der Waals surface area (Å²) in [7, 11) is 0. The lowest BCUT2D eigenvalue weighted by molar-refractivity contribution is 0.0952. The first-order chi connectivity index (χ1) is 11.0. The lowest BCUT2D eigenvalue weighted by Gasteiger charge is -2.06. The third-order valence-electron chi connectivity index (χ3n) is 3.11. The van der Waals surface area contributed by atoms with Gasteiger partial charge in [-0.05, 0) is 61.9 Å². The first kappa shape index (κ1) is 16.8. The number of rotatable bonds is 5.